The highest BCUT2D eigenvalue weighted by Gasteiger charge is 2.36. The van der Waals surface area contributed by atoms with Crippen molar-refractivity contribution in [1.82, 2.24) is 15.1 Å². The summed E-state index contributed by atoms with van der Waals surface area (Å²) in [5.41, 5.74) is 3.16. The van der Waals surface area contributed by atoms with Crippen LogP contribution in [0.4, 0.5) is 4.79 Å². The van der Waals surface area contributed by atoms with Crippen molar-refractivity contribution in [3.05, 3.63) is 59.2 Å². The standard InChI is InChI=1S/C28H37N3O4/c1-19(2)16-23(27(32)30-13-8-9-14-30)29-28(33)31-15-12-21-17-24(34-3)25(35-4)18-22(21)26(31)20-10-6-5-7-11-20/h5-7,10-11,17-19,23,26H,8-9,12-16H2,1-4H3,(H,29,33)/t23-,26?/m1/s1. The monoisotopic (exact) mass is 479 g/mol. The van der Waals surface area contributed by atoms with Gasteiger partial charge in [0.1, 0.15) is 6.04 Å². The molecule has 2 atom stereocenters. The summed E-state index contributed by atoms with van der Waals surface area (Å²) in [6, 6.07) is 13.0. The second-order valence-corrected chi connectivity index (χ2v) is 9.83. The van der Waals surface area contributed by atoms with Crippen LogP contribution in [0.1, 0.15) is 55.8 Å². The third-order valence-corrected chi connectivity index (χ3v) is 6.97. The number of nitrogens with zero attached hydrogens (tertiary/aromatic N) is 2. The predicted octanol–water partition coefficient (Wildman–Crippen LogP) is 4.40. The molecule has 0 saturated carbocycles. The van der Waals surface area contributed by atoms with Gasteiger partial charge >= 0.3 is 6.03 Å². The van der Waals surface area contributed by atoms with Gasteiger partial charge in [0.2, 0.25) is 5.91 Å². The average molecular weight is 480 g/mol. The van der Waals surface area contributed by atoms with E-state index in [4.69, 9.17) is 9.47 Å². The third-order valence-electron chi connectivity index (χ3n) is 6.97. The van der Waals surface area contributed by atoms with Crippen molar-refractivity contribution >= 4 is 11.9 Å². The van der Waals surface area contributed by atoms with Crippen LogP contribution in [-0.4, -0.2) is 61.6 Å². The smallest absolute Gasteiger partial charge is 0.318 e. The number of carbonyl (C=O) groups excluding carboxylic acids is 2. The highest BCUT2D eigenvalue weighted by atomic mass is 16.5. The third kappa shape index (κ3) is 5.39. The molecule has 7 heteroatoms. The van der Waals surface area contributed by atoms with Crippen LogP contribution in [0.5, 0.6) is 11.5 Å². The number of hydrogen-bond donors (Lipinski definition) is 1. The van der Waals surface area contributed by atoms with Gasteiger partial charge in [-0.3, -0.25) is 4.79 Å². The predicted molar refractivity (Wildman–Crippen MR) is 136 cm³/mol. The van der Waals surface area contributed by atoms with Gasteiger partial charge < -0.3 is 24.6 Å². The molecular weight excluding hydrogens is 442 g/mol. The van der Waals surface area contributed by atoms with Gasteiger partial charge in [-0.05, 0) is 60.4 Å². The Morgan fingerprint density at radius 3 is 2.29 bits per heavy atom. The molecule has 0 spiro atoms. The molecule has 1 fully saturated rings. The summed E-state index contributed by atoms with van der Waals surface area (Å²) in [5.74, 6) is 1.64. The molecule has 2 aromatic carbocycles. The molecule has 0 bridgehead atoms. The number of ether oxygens (including phenoxy) is 2. The first-order valence-electron chi connectivity index (χ1n) is 12.6. The van der Waals surface area contributed by atoms with Gasteiger partial charge in [0.05, 0.1) is 20.3 Å². The summed E-state index contributed by atoms with van der Waals surface area (Å²) in [6.07, 6.45) is 3.37. The van der Waals surface area contributed by atoms with E-state index < -0.39 is 6.04 Å². The quantitative estimate of drug-likeness (QED) is 0.639. The van der Waals surface area contributed by atoms with Gasteiger partial charge in [0.25, 0.3) is 0 Å². The van der Waals surface area contributed by atoms with E-state index in [0.717, 1.165) is 42.6 Å². The molecule has 0 aliphatic carbocycles. The lowest BCUT2D eigenvalue weighted by molar-refractivity contribution is -0.132. The summed E-state index contributed by atoms with van der Waals surface area (Å²) in [7, 11) is 3.25. The molecule has 2 heterocycles. The number of rotatable bonds is 7. The minimum Gasteiger partial charge on any atom is -0.493 e. The molecule has 188 valence electrons. The zero-order valence-corrected chi connectivity index (χ0v) is 21.3. The molecule has 4 rings (SSSR count). The van der Waals surface area contributed by atoms with Crippen molar-refractivity contribution in [3.8, 4) is 11.5 Å². The number of benzene rings is 2. The normalized spacial score (nSPS) is 18.3. The molecule has 3 amide bonds. The van der Waals surface area contributed by atoms with Gasteiger partial charge in [-0.15, -0.1) is 0 Å². The van der Waals surface area contributed by atoms with E-state index in [0.29, 0.717) is 30.9 Å². The Bertz CT molecular complexity index is 1030. The molecule has 1 unspecified atom stereocenters. The maximum Gasteiger partial charge on any atom is 0.318 e. The van der Waals surface area contributed by atoms with Crippen LogP contribution in [0.3, 0.4) is 0 Å². The zero-order chi connectivity index (χ0) is 24.9. The largest absolute Gasteiger partial charge is 0.493 e. The van der Waals surface area contributed by atoms with Crippen molar-refractivity contribution in [2.24, 2.45) is 5.92 Å². The molecule has 1 saturated heterocycles. The molecule has 2 aliphatic rings. The van der Waals surface area contributed by atoms with Gasteiger partial charge in [-0.2, -0.15) is 0 Å². The van der Waals surface area contributed by atoms with Crippen LogP contribution in [0.25, 0.3) is 0 Å². The number of methoxy groups -OCH3 is 2. The number of urea groups is 1. The lowest BCUT2D eigenvalue weighted by Crippen LogP contribution is -2.54. The van der Waals surface area contributed by atoms with Crippen LogP contribution >= 0.6 is 0 Å². The highest BCUT2D eigenvalue weighted by molar-refractivity contribution is 5.87. The van der Waals surface area contributed by atoms with Crippen molar-refractivity contribution in [2.75, 3.05) is 33.9 Å². The topological polar surface area (TPSA) is 71.1 Å². The SMILES string of the molecule is COc1cc2c(cc1OC)C(c1ccccc1)N(C(=O)N[C@H](CC(C)C)C(=O)N1CCCC1)CC2. The van der Waals surface area contributed by atoms with E-state index in [-0.39, 0.29) is 23.9 Å². The number of nitrogens with one attached hydrogen (secondary N) is 1. The molecule has 35 heavy (non-hydrogen) atoms. The Labute approximate surface area is 208 Å². The Morgan fingerprint density at radius 1 is 1.00 bits per heavy atom. The first-order valence-corrected chi connectivity index (χ1v) is 12.6. The summed E-state index contributed by atoms with van der Waals surface area (Å²) in [6.45, 7) is 6.25. The molecule has 0 aromatic heterocycles. The summed E-state index contributed by atoms with van der Waals surface area (Å²) in [4.78, 5) is 30.8. The second-order valence-electron chi connectivity index (χ2n) is 9.83. The maximum atomic E-state index is 13.8. The van der Waals surface area contributed by atoms with Crippen molar-refractivity contribution in [2.45, 2.75) is 51.6 Å². The Kier molecular flexibility index (Phi) is 7.83. The van der Waals surface area contributed by atoms with Crippen LogP contribution in [0, 0.1) is 5.92 Å². The van der Waals surface area contributed by atoms with Crippen LogP contribution in [0.2, 0.25) is 0 Å². The van der Waals surface area contributed by atoms with Gasteiger partial charge in [0.15, 0.2) is 11.5 Å². The van der Waals surface area contributed by atoms with E-state index >= 15 is 0 Å². The summed E-state index contributed by atoms with van der Waals surface area (Å²) in [5, 5.41) is 3.12. The number of fused-ring (bicyclic) bond motifs is 1. The Hall–Kier alpha value is -3.22. The van der Waals surface area contributed by atoms with Crippen molar-refractivity contribution < 1.29 is 19.1 Å². The van der Waals surface area contributed by atoms with E-state index in [1.54, 1.807) is 14.2 Å². The van der Waals surface area contributed by atoms with Gasteiger partial charge in [-0.1, -0.05) is 44.2 Å². The Morgan fingerprint density at radius 2 is 1.66 bits per heavy atom. The van der Waals surface area contributed by atoms with Crippen LogP contribution in [-0.2, 0) is 11.2 Å². The molecule has 2 aliphatic heterocycles. The number of amides is 3. The first kappa shape index (κ1) is 24.9. The molecule has 7 nitrogen and oxygen atoms in total. The Balaban J connectivity index is 1.66. The lowest BCUT2D eigenvalue weighted by atomic mass is 9.88. The van der Waals surface area contributed by atoms with Gasteiger partial charge in [-0.25, -0.2) is 4.79 Å². The number of hydrogen-bond acceptors (Lipinski definition) is 4. The van der Waals surface area contributed by atoms with E-state index in [9.17, 15) is 9.59 Å². The average Bonchev–Trinajstić information content (AvgIpc) is 3.41. The molecule has 0 radical (unpaired) electrons. The second kappa shape index (κ2) is 11.0. The van der Waals surface area contributed by atoms with E-state index in [2.05, 4.69) is 19.2 Å². The summed E-state index contributed by atoms with van der Waals surface area (Å²) >= 11 is 0. The van der Waals surface area contributed by atoms with Crippen LogP contribution < -0.4 is 14.8 Å². The first-order chi connectivity index (χ1) is 16.9. The number of likely N-dealkylation sites (tertiary alicyclic amines) is 1. The van der Waals surface area contributed by atoms with E-state index in [1.807, 2.05) is 52.3 Å². The highest BCUT2D eigenvalue weighted by Crippen LogP contribution is 2.41. The molecular formula is C28H37N3O4. The molecule has 2 aromatic rings. The molecule has 1 N–H and O–H groups in total. The van der Waals surface area contributed by atoms with E-state index in [1.165, 1.54) is 0 Å². The number of carbonyl (C=O) groups is 2. The fourth-order valence-corrected chi connectivity index (χ4v) is 5.24. The zero-order valence-electron chi connectivity index (χ0n) is 21.3. The minimum atomic E-state index is -0.524. The summed E-state index contributed by atoms with van der Waals surface area (Å²) < 4.78 is 11.1. The van der Waals surface area contributed by atoms with Crippen LogP contribution in [0.15, 0.2) is 42.5 Å². The minimum absolute atomic E-state index is 0.0321. The fourth-order valence-electron chi connectivity index (χ4n) is 5.24. The van der Waals surface area contributed by atoms with Crippen molar-refractivity contribution in [3.63, 3.8) is 0 Å². The maximum absolute atomic E-state index is 13.8. The van der Waals surface area contributed by atoms with Gasteiger partial charge in [0, 0.05) is 19.6 Å². The van der Waals surface area contributed by atoms with Crippen molar-refractivity contribution in [1.29, 1.82) is 0 Å². The lowest BCUT2D eigenvalue weighted by Gasteiger charge is -2.39. The fraction of sp³-hybridized carbons (Fsp3) is 0.500.